The summed E-state index contributed by atoms with van der Waals surface area (Å²) >= 11 is 0. The maximum Gasteiger partial charge on any atom is 0.246 e. The van der Waals surface area contributed by atoms with Crippen molar-refractivity contribution in [3.8, 4) is 0 Å². The van der Waals surface area contributed by atoms with Gasteiger partial charge in [0.1, 0.15) is 6.10 Å². The summed E-state index contributed by atoms with van der Waals surface area (Å²) in [6.07, 6.45) is 3.78. The molecule has 0 unspecified atom stereocenters. The monoisotopic (exact) mass is 312 g/mol. The van der Waals surface area contributed by atoms with E-state index in [9.17, 15) is 15.0 Å². The normalized spacial score (nSPS) is 31.1. The molecule has 2 aliphatic rings. The zero-order chi connectivity index (χ0) is 16.1. The van der Waals surface area contributed by atoms with Gasteiger partial charge in [-0.1, -0.05) is 6.08 Å². The summed E-state index contributed by atoms with van der Waals surface area (Å²) in [5.41, 5.74) is 0. The molecule has 6 heteroatoms. The maximum atomic E-state index is 11.8. The number of allylic oxidation sites excluding steroid dienone is 1. The summed E-state index contributed by atoms with van der Waals surface area (Å²) in [5.74, 6) is 0.597. The molecule has 0 saturated carbocycles. The van der Waals surface area contributed by atoms with Gasteiger partial charge >= 0.3 is 0 Å². The van der Waals surface area contributed by atoms with Gasteiger partial charge in [0, 0.05) is 19.6 Å². The first-order valence-corrected chi connectivity index (χ1v) is 8.08. The van der Waals surface area contributed by atoms with Crippen LogP contribution in [0.4, 0.5) is 0 Å². The molecule has 2 rings (SSSR count). The van der Waals surface area contributed by atoms with Crippen LogP contribution >= 0.6 is 0 Å². The Bertz CT molecular complexity index is 394. The molecule has 0 bridgehead atoms. The summed E-state index contributed by atoms with van der Waals surface area (Å²) in [7, 11) is 1.96. The number of aliphatic hydroxyl groups is 2. The number of aliphatic hydroxyl groups excluding tert-OH is 2. The first-order valence-electron chi connectivity index (χ1n) is 8.08. The number of ether oxygens (including phenoxy) is 1. The number of likely N-dealkylation sites (tertiary alicyclic amines) is 1. The molecule has 2 heterocycles. The van der Waals surface area contributed by atoms with Gasteiger partial charge in [0.05, 0.1) is 25.4 Å². The van der Waals surface area contributed by atoms with Crippen LogP contribution in [-0.2, 0) is 9.53 Å². The molecule has 2 saturated heterocycles. The first kappa shape index (κ1) is 17.4. The second-order valence-electron chi connectivity index (χ2n) is 6.37. The highest BCUT2D eigenvalue weighted by molar-refractivity contribution is 5.87. The molecule has 2 N–H and O–H groups in total. The Morgan fingerprint density at radius 3 is 2.64 bits per heavy atom. The molecule has 3 atom stereocenters. The SMILES string of the molecule is C/C=C/C(=O)N1CCC(CN(C)[C@@H]2COC[C@@H](O)[C@H]2O)CC1. The topological polar surface area (TPSA) is 73.2 Å². The Morgan fingerprint density at radius 1 is 1.32 bits per heavy atom. The fourth-order valence-corrected chi connectivity index (χ4v) is 3.28. The van der Waals surface area contributed by atoms with E-state index in [2.05, 4.69) is 4.90 Å². The molecule has 0 aromatic carbocycles. The number of carbonyl (C=O) groups excluding carboxylic acids is 1. The van der Waals surface area contributed by atoms with E-state index in [0.29, 0.717) is 12.5 Å². The summed E-state index contributed by atoms with van der Waals surface area (Å²) < 4.78 is 5.34. The summed E-state index contributed by atoms with van der Waals surface area (Å²) in [4.78, 5) is 15.8. The second-order valence-corrected chi connectivity index (χ2v) is 6.37. The number of rotatable bonds is 4. The van der Waals surface area contributed by atoms with E-state index >= 15 is 0 Å². The Hall–Kier alpha value is -0.950. The van der Waals surface area contributed by atoms with Crippen LogP contribution in [-0.4, -0.2) is 84.1 Å². The average Bonchev–Trinajstić information content (AvgIpc) is 2.51. The van der Waals surface area contributed by atoms with Crippen LogP contribution < -0.4 is 0 Å². The lowest BCUT2D eigenvalue weighted by molar-refractivity contribution is -0.132. The van der Waals surface area contributed by atoms with Gasteiger partial charge in [-0.2, -0.15) is 0 Å². The Morgan fingerprint density at radius 2 is 2.00 bits per heavy atom. The number of piperidine rings is 1. The summed E-state index contributed by atoms with van der Waals surface area (Å²) in [6, 6.07) is -0.161. The molecule has 0 aliphatic carbocycles. The van der Waals surface area contributed by atoms with Crippen LogP contribution in [0.1, 0.15) is 19.8 Å². The highest BCUT2D eigenvalue weighted by atomic mass is 16.5. The van der Waals surface area contributed by atoms with Crippen molar-refractivity contribution < 1.29 is 19.7 Å². The summed E-state index contributed by atoms with van der Waals surface area (Å²) in [6.45, 7) is 4.93. The Labute approximate surface area is 132 Å². The van der Waals surface area contributed by atoms with Crippen molar-refractivity contribution in [2.75, 3.05) is 39.9 Å². The minimum Gasteiger partial charge on any atom is -0.389 e. The molecule has 2 aliphatic heterocycles. The molecule has 126 valence electrons. The molecule has 6 nitrogen and oxygen atoms in total. The van der Waals surface area contributed by atoms with E-state index in [1.807, 2.05) is 18.9 Å². The number of likely N-dealkylation sites (N-methyl/N-ethyl adjacent to an activating group) is 1. The van der Waals surface area contributed by atoms with Crippen LogP contribution in [0, 0.1) is 5.92 Å². The van der Waals surface area contributed by atoms with E-state index in [1.54, 1.807) is 12.2 Å². The number of hydrogen-bond donors (Lipinski definition) is 2. The maximum absolute atomic E-state index is 11.8. The van der Waals surface area contributed by atoms with E-state index in [-0.39, 0.29) is 18.6 Å². The van der Waals surface area contributed by atoms with Crippen LogP contribution in [0.5, 0.6) is 0 Å². The quantitative estimate of drug-likeness (QED) is 0.707. The molecule has 2 fully saturated rings. The lowest BCUT2D eigenvalue weighted by Crippen LogP contribution is -2.56. The third-order valence-electron chi connectivity index (χ3n) is 4.71. The van der Waals surface area contributed by atoms with Crippen molar-refractivity contribution in [1.82, 2.24) is 9.80 Å². The molecule has 1 amide bonds. The van der Waals surface area contributed by atoms with Crippen molar-refractivity contribution in [1.29, 1.82) is 0 Å². The van der Waals surface area contributed by atoms with Crippen molar-refractivity contribution in [2.45, 2.75) is 38.0 Å². The number of carbonyl (C=O) groups is 1. The number of amides is 1. The van der Waals surface area contributed by atoms with Gasteiger partial charge < -0.3 is 19.8 Å². The predicted octanol–water partition coefficient (Wildman–Crippen LogP) is -0.146. The lowest BCUT2D eigenvalue weighted by Gasteiger charge is -2.40. The summed E-state index contributed by atoms with van der Waals surface area (Å²) in [5, 5.41) is 19.8. The molecule has 0 aromatic rings. The van der Waals surface area contributed by atoms with Gasteiger partial charge in [-0.25, -0.2) is 0 Å². The third kappa shape index (κ3) is 4.29. The van der Waals surface area contributed by atoms with E-state index in [0.717, 1.165) is 32.5 Å². The van der Waals surface area contributed by atoms with Gasteiger partial charge in [-0.05, 0) is 38.8 Å². The van der Waals surface area contributed by atoms with Crippen molar-refractivity contribution in [3.05, 3.63) is 12.2 Å². The van der Waals surface area contributed by atoms with E-state index < -0.39 is 12.2 Å². The van der Waals surface area contributed by atoms with Gasteiger partial charge in [0.2, 0.25) is 5.91 Å². The molecule has 0 radical (unpaired) electrons. The Kier molecular flexibility index (Phi) is 6.37. The minimum atomic E-state index is -0.804. The Balaban J connectivity index is 1.79. The number of hydrogen-bond acceptors (Lipinski definition) is 5. The molecule has 0 aromatic heterocycles. The smallest absolute Gasteiger partial charge is 0.246 e. The largest absolute Gasteiger partial charge is 0.389 e. The molecular weight excluding hydrogens is 284 g/mol. The van der Waals surface area contributed by atoms with Crippen LogP contribution in [0.2, 0.25) is 0 Å². The van der Waals surface area contributed by atoms with E-state index in [1.165, 1.54) is 0 Å². The molecule has 22 heavy (non-hydrogen) atoms. The molecular formula is C16H28N2O4. The highest BCUT2D eigenvalue weighted by Gasteiger charge is 2.35. The first-order chi connectivity index (χ1) is 10.5. The van der Waals surface area contributed by atoms with Crippen LogP contribution in [0.3, 0.4) is 0 Å². The van der Waals surface area contributed by atoms with Gasteiger partial charge in [0.15, 0.2) is 0 Å². The van der Waals surface area contributed by atoms with Crippen molar-refractivity contribution >= 4 is 5.91 Å². The molecule has 0 spiro atoms. The minimum absolute atomic E-state index is 0.0912. The van der Waals surface area contributed by atoms with Crippen molar-refractivity contribution in [3.63, 3.8) is 0 Å². The zero-order valence-electron chi connectivity index (χ0n) is 13.5. The number of nitrogens with zero attached hydrogens (tertiary/aromatic N) is 2. The second kappa shape index (κ2) is 8.06. The van der Waals surface area contributed by atoms with Gasteiger partial charge in [0.25, 0.3) is 0 Å². The zero-order valence-corrected chi connectivity index (χ0v) is 13.5. The standard InChI is InChI=1S/C16H28N2O4/c1-3-4-15(20)18-7-5-12(6-8-18)9-17(2)13-10-22-11-14(19)16(13)21/h3-4,12-14,16,19,21H,5-11H2,1-2H3/b4-3+/t13-,14-,16+/m1/s1. The average molecular weight is 312 g/mol. The van der Waals surface area contributed by atoms with Crippen LogP contribution in [0.25, 0.3) is 0 Å². The fourth-order valence-electron chi connectivity index (χ4n) is 3.28. The van der Waals surface area contributed by atoms with Crippen molar-refractivity contribution in [2.24, 2.45) is 5.92 Å². The third-order valence-corrected chi connectivity index (χ3v) is 4.71. The predicted molar refractivity (Wildman–Crippen MR) is 83.4 cm³/mol. The van der Waals surface area contributed by atoms with Gasteiger partial charge in [-0.3, -0.25) is 9.69 Å². The van der Waals surface area contributed by atoms with E-state index in [4.69, 9.17) is 4.74 Å². The van der Waals surface area contributed by atoms with Gasteiger partial charge in [-0.15, -0.1) is 0 Å². The fraction of sp³-hybridized carbons (Fsp3) is 0.812. The van der Waals surface area contributed by atoms with Crippen LogP contribution in [0.15, 0.2) is 12.2 Å². The lowest BCUT2D eigenvalue weighted by atomic mass is 9.94. The highest BCUT2D eigenvalue weighted by Crippen LogP contribution is 2.21.